The first-order valence-electron chi connectivity index (χ1n) is 6.58. The highest BCUT2D eigenvalue weighted by Crippen LogP contribution is 2.32. The predicted molar refractivity (Wildman–Crippen MR) is 69.7 cm³/mol. The van der Waals surface area contributed by atoms with Gasteiger partial charge in [-0.25, -0.2) is 0 Å². The number of para-hydroxylation sites is 1. The van der Waals surface area contributed by atoms with Crippen molar-refractivity contribution >= 4 is 11.4 Å². The molecule has 2 aliphatic rings. The van der Waals surface area contributed by atoms with Gasteiger partial charge in [0.2, 0.25) is 5.82 Å². The molecule has 0 amide bonds. The Hall–Kier alpha value is -1.69. The van der Waals surface area contributed by atoms with Crippen LogP contribution in [0, 0.1) is 15.9 Å². The van der Waals surface area contributed by atoms with Crippen LogP contribution < -0.4 is 5.32 Å². The number of hydrogen-bond donors (Lipinski definition) is 1. The quantitative estimate of drug-likeness (QED) is 0.670. The average Bonchev–Trinajstić information content (AvgIpc) is 3.10. The van der Waals surface area contributed by atoms with Gasteiger partial charge in [-0.2, -0.15) is 4.39 Å². The van der Waals surface area contributed by atoms with Crippen LogP contribution in [0.2, 0.25) is 0 Å². The summed E-state index contributed by atoms with van der Waals surface area (Å²) in [5.41, 5.74) is -0.167. The van der Waals surface area contributed by atoms with E-state index in [-0.39, 0.29) is 11.7 Å². The fraction of sp³-hybridized carbons (Fsp3) is 0.538. The molecule has 1 unspecified atom stereocenters. The monoisotopic (exact) mass is 265 g/mol. The van der Waals surface area contributed by atoms with Crippen LogP contribution in [0.5, 0.6) is 0 Å². The molecule has 0 bridgehead atoms. The van der Waals surface area contributed by atoms with Gasteiger partial charge in [-0.3, -0.25) is 15.0 Å². The Morgan fingerprint density at radius 2 is 2.16 bits per heavy atom. The van der Waals surface area contributed by atoms with Crippen LogP contribution in [0.4, 0.5) is 15.8 Å². The lowest BCUT2D eigenvalue weighted by Crippen LogP contribution is -2.28. The van der Waals surface area contributed by atoms with E-state index >= 15 is 0 Å². The van der Waals surface area contributed by atoms with Crippen molar-refractivity contribution in [3.63, 3.8) is 0 Å². The minimum Gasteiger partial charge on any atom is -0.375 e. The number of nitro groups is 1. The molecule has 1 aromatic rings. The molecule has 1 N–H and O–H groups in total. The lowest BCUT2D eigenvalue weighted by atomic mass is 10.2. The number of halogens is 1. The van der Waals surface area contributed by atoms with Crippen molar-refractivity contribution in [1.82, 2.24) is 4.90 Å². The van der Waals surface area contributed by atoms with E-state index in [1.807, 2.05) is 0 Å². The predicted octanol–water partition coefficient (Wildman–Crippen LogP) is 2.38. The number of nitro benzene ring substituents is 1. The molecule has 1 heterocycles. The summed E-state index contributed by atoms with van der Waals surface area (Å²) < 4.78 is 13.5. The molecule has 5 nitrogen and oxygen atoms in total. The fourth-order valence-corrected chi connectivity index (χ4v) is 2.71. The van der Waals surface area contributed by atoms with Gasteiger partial charge in [-0.05, 0) is 31.4 Å². The first-order chi connectivity index (χ1) is 9.15. The van der Waals surface area contributed by atoms with Crippen LogP contribution in [0.1, 0.15) is 19.3 Å². The van der Waals surface area contributed by atoms with E-state index in [0.29, 0.717) is 6.04 Å². The Balaban J connectivity index is 1.73. The summed E-state index contributed by atoms with van der Waals surface area (Å²) in [7, 11) is 0. The molecule has 19 heavy (non-hydrogen) atoms. The normalized spacial score (nSPS) is 23.5. The minimum atomic E-state index is -0.785. The van der Waals surface area contributed by atoms with Crippen molar-refractivity contribution in [3.05, 3.63) is 34.1 Å². The second kappa shape index (κ2) is 4.77. The van der Waals surface area contributed by atoms with Crippen LogP contribution in [-0.2, 0) is 0 Å². The van der Waals surface area contributed by atoms with Gasteiger partial charge < -0.3 is 5.32 Å². The molecular formula is C13H16FN3O2. The molecule has 2 fully saturated rings. The van der Waals surface area contributed by atoms with E-state index in [1.165, 1.54) is 18.9 Å². The first kappa shape index (κ1) is 12.3. The number of anilines is 1. The zero-order valence-corrected chi connectivity index (χ0v) is 10.5. The van der Waals surface area contributed by atoms with Gasteiger partial charge in [0.1, 0.15) is 5.69 Å². The fourth-order valence-electron chi connectivity index (χ4n) is 2.71. The highest BCUT2D eigenvalue weighted by atomic mass is 19.1. The third-order valence-corrected chi connectivity index (χ3v) is 3.81. The summed E-state index contributed by atoms with van der Waals surface area (Å²) in [5.74, 6) is -0.785. The molecule has 3 rings (SSSR count). The second-order valence-corrected chi connectivity index (χ2v) is 5.25. The number of likely N-dealkylation sites (tertiary alicyclic amines) is 1. The Kier molecular flexibility index (Phi) is 3.10. The highest BCUT2D eigenvalue weighted by molar-refractivity contribution is 5.62. The van der Waals surface area contributed by atoms with E-state index in [1.54, 1.807) is 6.07 Å². The van der Waals surface area contributed by atoms with Gasteiger partial charge in [0.15, 0.2) is 0 Å². The molecule has 6 heteroatoms. The lowest BCUT2D eigenvalue weighted by molar-refractivity contribution is -0.386. The molecule has 1 saturated heterocycles. The Morgan fingerprint density at radius 1 is 1.37 bits per heavy atom. The smallest absolute Gasteiger partial charge is 0.327 e. The summed E-state index contributed by atoms with van der Waals surface area (Å²) in [5, 5.41) is 14.0. The largest absolute Gasteiger partial charge is 0.375 e. The van der Waals surface area contributed by atoms with Crippen LogP contribution in [0.25, 0.3) is 0 Å². The molecule has 102 valence electrons. The molecule has 0 radical (unpaired) electrons. The van der Waals surface area contributed by atoms with Crippen molar-refractivity contribution in [2.75, 3.05) is 18.4 Å². The van der Waals surface area contributed by atoms with Gasteiger partial charge in [0.05, 0.1) is 4.92 Å². The highest BCUT2D eigenvalue weighted by Gasteiger charge is 2.35. The first-order valence-corrected chi connectivity index (χ1v) is 6.58. The summed E-state index contributed by atoms with van der Waals surface area (Å²) in [6.45, 7) is 1.91. The van der Waals surface area contributed by atoms with Crippen molar-refractivity contribution in [3.8, 4) is 0 Å². The molecular weight excluding hydrogens is 249 g/mol. The van der Waals surface area contributed by atoms with Crippen molar-refractivity contribution < 1.29 is 9.31 Å². The second-order valence-electron chi connectivity index (χ2n) is 5.25. The summed E-state index contributed by atoms with van der Waals surface area (Å²) in [4.78, 5) is 12.7. The van der Waals surface area contributed by atoms with Gasteiger partial charge in [-0.15, -0.1) is 0 Å². The summed E-state index contributed by atoms with van der Waals surface area (Å²) in [6, 6.07) is 5.06. The maximum absolute atomic E-state index is 13.5. The van der Waals surface area contributed by atoms with Gasteiger partial charge >= 0.3 is 5.69 Å². The van der Waals surface area contributed by atoms with Crippen LogP contribution in [0.15, 0.2) is 18.2 Å². The number of rotatable bonds is 4. The van der Waals surface area contributed by atoms with Crippen molar-refractivity contribution in [2.45, 2.75) is 31.3 Å². The van der Waals surface area contributed by atoms with Crippen LogP contribution >= 0.6 is 0 Å². The maximum Gasteiger partial charge on any atom is 0.327 e. The number of hydrogen-bond acceptors (Lipinski definition) is 4. The number of nitrogens with one attached hydrogen (secondary N) is 1. The SMILES string of the molecule is O=[N+]([O-])c1c(F)cccc1NC1CCN(C2CC2)C1. The average molecular weight is 265 g/mol. The third-order valence-electron chi connectivity index (χ3n) is 3.81. The van der Waals surface area contributed by atoms with E-state index in [2.05, 4.69) is 10.2 Å². The van der Waals surface area contributed by atoms with Gasteiger partial charge in [0.25, 0.3) is 0 Å². The third kappa shape index (κ3) is 2.53. The molecule has 0 aromatic heterocycles. The van der Waals surface area contributed by atoms with E-state index < -0.39 is 16.4 Å². The van der Waals surface area contributed by atoms with Crippen LogP contribution in [0.3, 0.4) is 0 Å². The van der Waals surface area contributed by atoms with Gasteiger partial charge in [0, 0.05) is 25.2 Å². The zero-order chi connectivity index (χ0) is 13.4. The van der Waals surface area contributed by atoms with E-state index in [4.69, 9.17) is 0 Å². The van der Waals surface area contributed by atoms with Gasteiger partial charge in [-0.1, -0.05) is 6.07 Å². The lowest BCUT2D eigenvalue weighted by Gasteiger charge is -2.16. The zero-order valence-electron chi connectivity index (χ0n) is 10.5. The Labute approximate surface area is 110 Å². The molecule has 0 spiro atoms. The van der Waals surface area contributed by atoms with Crippen molar-refractivity contribution in [2.24, 2.45) is 0 Å². The molecule has 1 aliphatic heterocycles. The molecule has 1 aromatic carbocycles. The summed E-state index contributed by atoms with van der Waals surface area (Å²) in [6.07, 6.45) is 3.46. The standard InChI is InChI=1S/C13H16FN3O2/c14-11-2-1-3-12(13(11)17(18)19)15-9-6-7-16(8-9)10-4-5-10/h1-3,9-10,15H,4-8H2. The molecule has 1 atom stereocenters. The maximum atomic E-state index is 13.5. The molecule has 1 saturated carbocycles. The topological polar surface area (TPSA) is 58.4 Å². The minimum absolute atomic E-state index is 0.168. The molecule has 1 aliphatic carbocycles. The number of benzene rings is 1. The number of nitrogens with zero attached hydrogens (tertiary/aromatic N) is 2. The summed E-state index contributed by atoms with van der Waals surface area (Å²) >= 11 is 0. The Bertz CT molecular complexity index is 505. The van der Waals surface area contributed by atoms with E-state index in [0.717, 1.165) is 25.6 Å². The van der Waals surface area contributed by atoms with Crippen LogP contribution in [-0.4, -0.2) is 35.0 Å². The van der Waals surface area contributed by atoms with Crippen molar-refractivity contribution in [1.29, 1.82) is 0 Å². The Morgan fingerprint density at radius 3 is 2.84 bits per heavy atom. The van der Waals surface area contributed by atoms with E-state index in [9.17, 15) is 14.5 Å².